The number of fused-ring (bicyclic) bond motifs is 1. The minimum atomic E-state index is -0.0550. The molecule has 0 radical (unpaired) electrons. The summed E-state index contributed by atoms with van der Waals surface area (Å²) in [6, 6.07) is 21.4. The number of anilines is 1. The largest absolute Gasteiger partial charge is 0.497 e. The van der Waals surface area contributed by atoms with E-state index in [1.807, 2.05) is 55.5 Å². The number of aryl methyl sites for hydroxylation is 1. The quantitative estimate of drug-likeness (QED) is 0.349. The summed E-state index contributed by atoms with van der Waals surface area (Å²) in [6.07, 6.45) is 0.371. The summed E-state index contributed by atoms with van der Waals surface area (Å²) in [5.41, 5.74) is 3.72. The maximum absolute atomic E-state index is 13.0. The molecule has 6 nitrogen and oxygen atoms in total. The van der Waals surface area contributed by atoms with Gasteiger partial charge in [0.25, 0.3) is 0 Å². The van der Waals surface area contributed by atoms with E-state index in [1.165, 1.54) is 0 Å². The smallest absolute Gasteiger partial charge is 0.227 e. The highest BCUT2D eigenvalue weighted by molar-refractivity contribution is 6.34. The first kappa shape index (κ1) is 22.3. The van der Waals surface area contributed by atoms with Gasteiger partial charge < -0.3 is 18.9 Å². The number of rotatable bonds is 7. The van der Waals surface area contributed by atoms with E-state index in [-0.39, 0.29) is 11.8 Å². The van der Waals surface area contributed by atoms with Gasteiger partial charge in [0.15, 0.2) is 0 Å². The van der Waals surface area contributed by atoms with Crippen molar-refractivity contribution in [1.29, 1.82) is 0 Å². The molecular formula is C27H26ClN3O3. The molecule has 0 unspecified atom stereocenters. The molecule has 0 saturated carbocycles. The van der Waals surface area contributed by atoms with Crippen LogP contribution in [-0.4, -0.2) is 35.7 Å². The minimum Gasteiger partial charge on any atom is -0.497 e. The first-order chi connectivity index (χ1) is 16.5. The van der Waals surface area contributed by atoms with E-state index >= 15 is 0 Å². The zero-order valence-corrected chi connectivity index (χ0v) is 20.0. The number of carbonyl (C=O) groups is 1. The van der Waals surface area contributed by atoms with E-state index in [2.05, 4.69) is 10.6 Å². The SMILES string of the molecule is COc1ccc(Cl)c(N2C[C@H](c3nc4ccccc4n3CCOc3ccccc3C)CC2=O)c1. The molecule has 0 bridgehead atoms. The van der Waals surface area contributed by atoms with Crippen LogP contribution in [0.15, 0.2) is 66.7 Å². The van der Waals surface area contributed by atoms with Crippen LogP contribution in [0, 0.1) is 6.92 Å². The van der Waals surface area contributed by atoms with E-state index in [9.17, 15) is 4.79 Å². The maximum Gasteiger partial charge on any atom is 0.227 e. The van der Waals surface area contributed by atoms with Crippen LogP contribution < -0.4 is 14.4 Å². The third kappa shape index (κ3) is 4.21. The Morgan fingerprint density at radius 1 is 1.09 bits per heavy atom. The molecule has 0 aliphatic carbocycles. The Balaban J connectivity index is 1.42. The number of benzene rings is 3. The van der Waals surface area contributed by atoms with Crippen LogP contribution in [0.3, 0.4) is 0 Å². The molecular weight excluding hydrogens is 450 g/mol. The summed E-state index contributed by atoms with van der Waals surface area (Å²) < 4.78 is 13.6. The van der Waals surface area contributed by atoms with Crippen LogP contribution in [0.1, 0.15) is 23.7 Å². The number of hydrogen-bond donors (Lipinski definition) is 0. The average molecular weight is 476 g/mol. The number of methoxy groups -OCH3 is 1. The molecule has 1 amide bonds. The maximum atomic E-state index is 13.0. The zero-order valence-electron chi connectivity index (χ0n) is 19.2. The molecule has 3 aromatic carbocycles. The molecule has 2 heterocycles. The first-order valence-corrected chi connectivity index (χ1v) is 11.7. The molecule has 7 heteroatoms. The van der Waals surface area contributed by atoms with E-state index in [0.717, 1.165) is 28.2 Å². The van der Waals surface area contributed by atoms with Gasteiger partial charge in [0.2, 0.25) is 5.91 Å². The van der Waals surface area contributed by atoms with Gasteiger partial charge in [-0.1, -0.05) is 41.9 Å². The van der Waals surface area contributed by atoms with Gasteiger partial charge >= 0.3 is 0 Å². The number of para-hydroxylation sites is 3. The van der Waals surface area contributed by atoms with Crippen LogP contribution in [0.4, 0.5) is 5.69 Å². The molecule has 0 N–H and O–H groups in total. The summed E-state index contributed by atoms with van der Waals surface area (Å²) in [4.78, 5) is 19.7. The highest BCUT2D eigenvalue weighted by atomic mass is 35.5. The van der Waals surface area contributed by atoms with Gasteiger partial charge in [0, 0.05) is 24.9 Å². The Labute approximate surface area is 203 Å². The van der Waals surface area contributed by atoms with Gasteiger partial charge in [-0.3, -0.25) is 4.79 Å². The number of hydrogen-bond acceptors (Lipinski definition) is 4. The third-order valence-corrected chi connectivity index (χ3v) is 6.60. The molecule has 1 saturated heterocycles. The Morgan fingerprint density at radius 3 is 2.71 bits per heavy atom. The summed E-state index contributed by atoms with van der Waals surface area (Å²) in [7, 11) is 1.60. The fraction of sp³-hybridized carbons (Fsp3) is 0.259. The summed E-state index contributed by atoms with van der Waals surface area (Å²) >= 11 is 6.44. The molecule has 5 rings (SSSR count). The number of ether oxygens (including phenoxy) is 2. The van der Waals surface area contributed by atoms with Gasteiger partial charge in [-0.25, -0.2) is 4.98 Å². The molecule has 4 aromatic rings. The van der Waals surface area contributed by atoms with E-state index in [0.29, 0.717) is 42.6 Å². The normalized spacial score (nSPS) is 15.8. The number of amides is 1. The second kappa shape index (κ2) is 9.39. The van der Waals surface area contributed by atoms with Gasteiger partial charge in [-0.15, -0.1) is 0 Å². The van der Waals surface area contributed by atoms with Gasteiger partial charge in [-0.2, -0.15) is 0 Å². The highest BCUT2D eigenvalue weighted by Gasteiger charge is 2.35. The summed E-state index contributed by atoms with van der Waals surface area (Å²) in [5.74, 6) is 2.40. The van der Waals surface area contributed by atoms with Gasteiger partial charge in [-0.05, 0) is 42.8 Å². The number of imidazole rings is 1. The molecule has 1 aliphatic rings. The van der Waals surface area contributed by atoms with Crippen molar-refractivity contribution in [2.75, 3.05) is 25.2 Å². The molecule has 1 atom stereocenters. The Kier molecular flexibility index (Phi) is 6.16. The number of aromatic nitrogens is 2. The Bertz CT molecular complexity index is 1350. The fourth-order valence-corrected chi connectivity index (χ4v) is 4.77. The molecule has 174 valence electrons. The Morgan fingerprint density at radius 2 is 1.88 bits per heavy atom. The van der Waals surface area contributed by atoms with Crippen molar-refractivity contribution in [1.82, 2.24) is 9.55 Å². The standard InChI is InChI=1S/C27H26ClN3O3/c1-18-7-3-6-10-25(18)34-14-13-30-23-9-5-4-8-22(23)29-27(30)19-15-26(32)31(17-19)24-16-20(33-2)11-12-21(24)28/h3-12,16,19H,13-15,17H2,1-2H3/t19-/m1/s1. The minimum absolute atomic E-state index is 0.0231. The highest BCUT2D eigenvalue weighted by Crippen LogP contribution is 2.37. The van der Waals surface area contributed by atoms with E-state index in [4.69, 9.17) is 26.1 Å². The number of nitrogens with zero attached hydrogens (tertiary/aromatic N) is 3. The van der Waals surface area contributed by atoms with Gasteiger partial charge in [0.05, 0.1) is 35.4 Å². The van der Waals surface area contributed by atoms with E-state index in [1.54, 1.807) is 24.1 Å². The average Bonchev–Trinajstić information content (AvgIpc) is 3.41. The molecule has 1 fully saturated rings. The summed E-state index contributed by atoms with van der Waals surface area (Å²) in [5, 5.41) is 0.523. The summed E-state index contributed by atoms with van der Waals surface area (Å²) in [6.45, 7) is 3.68. The second-order valence-corrected chi connectivity index (χ2v) is 8.85. The molecule has 34 heavy (non-hydrogen) atoms. The van der Waals surface area contributed by atoms with Crippen molar-refractivity contribution in [2.45, 2.75) is 25.8 Å². The van der Waals surface area contributed by atoms with Gasteiger partial charge in [0.1, 0.15) is 23.9 Å². The lowest BCUT2D eigenvalue weighted by Crippen LogP contribution is -2.25. The predicted molar refractivity (Wildman–Crippen MR) is 134 cm³/mol. The van der Waals surface area contributed by atoms with Crippen molar-refractivity contribution in [3.8, 4) is 11.5 Å². The van der Waals surface area contributed by atoms with Crippen molar-refractivity contribution >= 4 is 34.2 Å². The molecule has 1 aromatic heterocycles. The fourth-order valence-electron chi connectivity index (χ4n) is 4.55. The number of carbonyl (C=O) groups excluding carboxylic acids is 1. The van der Waals surface area contributed by atoms with Crippen molar-refractivity contribution in [3.05, 3.63) is 83.1 Å². The van der Waals surface area contributed by atoms with Crippen molar-refractivity contribution < 1.29 is 14.3 Å². The lowest BCUT2D eigenvalue weighted by Gasteiger charge is -2.19. The number of halogens is 1. The van der Waals surface area contributed by atoms with Crippen LogP contribution in [0.25, 0.3) is 11.0 Å². The monoisotopic (exact) mass is 475 g/mol. The second-order valence-electron chi connectivity index (χ2n) is 8.45. The van der Waals surface area contributed by atoms with Crippen LogP contribution in [-0.2, 0) is 11.3 Å². The van der Waals surface area contributed by atoms with Crippen molar-refractivity contribution in [3.63, 3.8) is 0 Å². The molecule has 0 spiro atoms. The zero-order chi connectivity index (χ0) is 23.7. The lowest BCUT2D eigenvalue weighted by molar-refractivity contribution is -0.117. The topological polar surface area (TPSA) is 56.6 Å². The third-order valence-electron chi connectivity index (χ3n) is 6.28. The first-order valence-electron chi connectivity index (χ1n) is 11.3. The molecule has 1 aliphatic heterocycles. The van der Waals surface area contributed by atoms with Crippen molar-refractivity contribution in [2.24, 2.45) is 0 Å². The van der Waals surface area contributed by atoms with Crippen LogP contribution in [0.5, 0.6) is 11.5 Å². The van der Waals surface area contributed by atoms with E-state index < -0.39 is 0 Å². The lowest BCUT2D eigenvalue weighted by atomic mass is 10.1. The van der Waals surface area contributed by atoms with Crippen LogP contribution in [0.2, 0.25) is 5.02 Å². The van der Waals surface area contributed by atoms with Crippen LogP contribution >= 0.6 is 11.6 Å². The Hall–Kier alpha value is -3.51. The predicted octanol–water partition coefficient (Wildman–Crippen LogP) is 5.61.